The van der Waals surface area contributed by atoms with Crippen LogP contribution in [-0.4, -0.2) is 87.2 Å². The van der Waals surface area contributed by atoms with E-state index in [4.69, 9.17) is 21.1 Å². The van der Waals surface area contributed by atoms with E-state index in [1.54, 1.807) is 0 Å². The summed E-state index contributed by atoms with van der Waals surface area (Å²) in [7, 11) is 0. The summed E-state index contributed by atoms with van der Waals surface area (Å²) in [6, 6.07) is -4.92. The molecule has 0 aromatic heterocycles. The van der Waals surface area contributed by atoms with Crippen LogP contribution in [0.4, 0.5) is 0 Å². The molecule has 1 rings (SSSR count). The Morgan fingerprint density at radius 1 is 1.10 bits per heavy atom. The van der Waals surface area contributed by atoms with Crippen molar-refractivity contribution in [2.45, 2.75) is 63.7 Å². The van der Waals surface area contributed by atoms with Crippen molar-refractivity contribution in [2.24, 2.45) is 11.7 Å². The average Bonchev–Trinajstić information content (AvgIpc) is 3.13. The van der Waals surface area contributed by atoms with E-state index in [0.717, 1.165) is 0 Å². The van der Waals surface area contributed by atoms with Crippen LogP contribution < -0.4 is 16.4 Å². The van der Waals surface area contributed by atoms with Crippen LogP contribution in [0.25, 0.3) is 0 Å². The number of rotatable bonds is 11. The predicted octanol–water partition coefficient (Wildman–Crippen LogP) is -2.13. The summed E-state index contributed by atoms with van der Waals surface area (Å²) < 4.78 is 0. The van der Waals surface area contributed by atoms with E-state index in [0.29, 0.717) is 25.8 Å². The molecule has 12 nitrogen and oxygen atoms in total. The fourth-order valence-electron chi connectivity index (χ4n) is 3.23. The van der Waals surface area contributed by atoms with Gasteiger partial charge >= 0.3 is 11.9 Å². The number of likely N-dealkylation sites (tertiary alicyclic amines) is 1. The van der Waals surface area contributed by atoms with Gasteiger partial charge in [0.15, 0.2) is 0 Å². The van der Waals surface area contributed by atoms with Crippen molar-refractivity contribution >= 4 is 29.7 Å². The number of carbonyl (C=O) groups excluding carboxylic acids is 3. The third-order valence-corrected chi connectivity index (χ3v) is 4.69. The first-order valence-electron chi connectivity index (χ1n) is 9.70. The summed E-state index contributed by atoms with van der Waals surface area (Å²) in [5.41, 5.74) is 5.93. The van der Waals surface area contributed by atoms with Gasteiger partial charge in [-0.1, -0.05) is 13.8 Å². The van der Waals surface area contributed by atoms with Crippen LogP contribution in [0.3, 0.4) is 0 Å². The summed E-state index contributed by atoms with van der Waals surface area (Å²) in [6.07, 6.45) is 0.496. The van der Waals surface area contributed by atoms with Crippen LogP contribution in [0.2, 0.25) is 0 Å². The molecule has 1 aliphatic heterocycles. The van der Waals surface area contributed by atoms with Crippen molar-refractivity contribution in [2.75, 3.05) is 13.2 Å². The molecule has 1 heterocycles. The molecule has 0 radical (unpaired) electrons. The molecule has 30 heavy (non-hydrogen) atoms. The number of hydrogen-bond donors (Lipinski definition) is 6. The maximum absolute atomic E-state index is 12.7. The topological polar surface area (TPSA) is 199 Å². The van der Waals surface area contributed by atoms with Crippen molar-refractivity contribution in [3.8, 4) is 0 Å². The first-order chi connectivity index (χ1) is 14.0. The molecule has 1 fully saturated rings. The third kappa shape index (κ3) is 7.26. The second-order valence-corrected chi connectivity index (χ2v) is 7.67. The smallest absolute Gasteiger partial charge is 0.328 e. The summed E-state index contributed by atoms with van der Waals surface area (Å²) in [6.45, 7) is 3.22. The monoisotopic (exact) mass is 430 g/mol. The zero-order valence-electron chi connectivity index (χ0n) is 17.0. The van der Waals surface area contributed by atoms with E-state index in [9.17, 15) is 24.0 Å². The first-order valence-corrected chi connectivity index (χ1v) is 9.70. The second-order valence-electron chi connectivity index (χ2n) is 7.67. The molecule has 170 valence electrons. The molecule has 3 amide bonds. The molecule has 1 saturated heterocycles. The number of carboxylic acid groups (broad SMARTS) is 2. The molecule has 0 aliphatic carbocycles. The van der Waals surface area contributed by atoms with Crippen LogP contribution in [-0.2, 0) is 24.0 Å². The van der Waals surface area contributed by atoms with Crippen molar-refractivity contribution in [1.82, 2.24) is 15.5 Å². The molecule has 0 spiro atoms. The van der Waals surface area contributed by atoms with Crippen molar-refractivity contribution in [3.63, 3.8) is 0 Å². The summed E-state index contributed by atoms with van der Waals surface area (Å²) in [5, 5.41) is 31.2. The molecule has 1 aliphatic rings. The van der Waals surface area contributed by atoms with Gasteiger partial charge in [0.05, 0.1) is 19.1 Å². The number of nitrogens with one attached hydrogen (secondary N) is 2. The summed E-state index contributed by atoms with van der Waals surface area (Å²) in [4.78, 5) is 61.0. The van der Waals surface area contributed by atoms with Gasteiger partial charge in [-0.15, -0.1) is 0 Å². The van der Waals surface area contributed by atoms with Gasteiger partial charge < -0.3 is 36.6 Å². The molecule has 4 unspecified atom stereocenters. The van der Waals surface area contributed by atoms with E-state index >= 15 is 0 Å². The number of carbonyl (C=O) groups is 5. The minimum Gasteiger partial charge on any atom is -0.481 e. The molecular formula is C18H30N4O8. The Kier molecular flexibility index (Phi) is 9.66. The van der Waals surface area contributed by atoms with E-state index in [2.05, 4.69) is 5.32 Å². The lowest BCUT2D eigenvalue weighted by Gasteiger charge is -2.28. The zero-order valence-corrected chi connectivity index (χ0v) is 17.0. The lowest BCUT2D eigenvalue weighted by molar-refractivity contribution is -0.145. The van der Waals surface area contributed by atoms with Crippen molar-refractivity contribution in [1.29, 1.82) is 0 Å². The SMILES string of the molecule is CC(C)CC(N)C(=O)N1CCCC1C(=O)NC(CC(=O)O)C(=O)NC(CO)C(=O)O. The first kappa shape index (κ1) is 25.3. The Hall–Kier alpha value is -2.73. The number of aliphatic carboxylic acids is 2. The van der Waals surface area contributed by atoms with Gasteiger partial charge in [-0.25, -0.2) is 4.79 Å². The second kappa shape index (κ2) is 11.5. The number of hydrogen-bond acceptors (Lipinski definition) is 7. The maximum atomic E-state index is 12.7. The average molecular weight is 430 g/mol. The predicted molar refractivity (Wildman–Crippen MR) is 103 cm³/mol. The fourth-order valence-corrected chi connectivity index (χ4v) is 3.23. The van der Waals surface area contributed by atoms with E-state index < -0.39 is 66.9 Å². The highest BCUT2D eigenvalue weighted by molar-refractivity contribution is 5.95. The van der Waals surface area contributed by atoms with E-state index in [1.165, 1.54) is 4.90 Å². The summed E-state index contributed by atoms with van der Waals surface area (Å²) in [5.74, 6) is -4.93. The van der Waals surface area contributed by atoms with Gasteiger partial charge in [0.25, 0.3) is 0 Å². The third-order valence-electron chi connectivity index (χ3n) is 4.69. The number of aliphatic hydroxyl groups is 1. The van der Waals surface area contributed by atoms with Gasteiger partial charge in [-0.05, 0) is 25.2 Å². The number of carboxylic acids is 2. The van der Waals surface area contributed by atoms with Crippen LogP contribution in [0, 0.1) is 5.92 Å². The van der Waals surface area contributed by atoms with Gasteiger partial charge in [0.2, 0.25) is 17.7 Å². The van der Waals surface area contributed by atoms with E-state index in [1.807, 2.05) is 19.2 Å². The lowest BCUT2D eigenvalue weighted by atomic mass is 10.0. The van der Waals surface area contributed by atoms with Gasteiger partial charge in [0.1, 0.15) is 18.1 Å². The van der Waals surface area contributed by atoms with Gasteiger partial charge in [0, 0.05) is 6.54 Å². The zero-order chi connectivity index (χ0) is 23.0. The Labute approximate surface area is 173 Å². The maximum Gasteiger partial charge on any atom is 0.328 e. The molecule has 12 heteroatoms. The van der Waals surface area contributed by atoms with Crippen molar-refractivity contribution < 1.29 is 39.3 Å². The fraction of sp³-hybridized carbons (Fsp3) is 0.722. The number of nitrogens with zero attached hydrogens (tertiary/aromatic N) is 1. The molecule has 0 aromatic rings. The number of amides is 3. The van der Waals surface area contributed by atoms with Gasteiger partial charge in [-0.2, -0.15) is 0 Å². The minimum atomic E-state index is -1.65. The van der Waals surface area contributed by atoms with Gasteiger partial charge in [-0.3, -0.25) is 19.2 Å². The Morgan fingerprint density at radius 3 is 2.23 bits per heavy atom. The molecule has 7 N–H and O–H groups in total. The highest BCUT2D eigenvalue weighted by Gasteiger charge is 2.38. The largest absolute Gasteiger partial charge is 0.481 e. The van der Waals surface area contributed by atoms with Crippen LogP contribution in [0.5, 0.6) is 0 Å². The Morgan fingerprint density at radius 2 is 1.73 bits per heavy atom. The molecule has 0 saturated carbocycles. The van der Waals surface area contributed by atoms with Crippen LogP contribution in [0.1, 0.15) is 39.5 Å². The number of nitrogens with two attached hydrogens (primary N) is 1. The lowest BCUT2D eigenvalue weighted by Crippen LogP contribution is -2.57. The minimum absolute atomic E-state index is 0.177. The standard InChI is InChI=1S/C18H30N4O8/c1-9(2)6-10(19)17(28)22-5-3-4-13(22)16(27)20-11(7-14(24)25)15(26)21-12(8-23)18(29)30/h9-13,23H,3-8,19H2,1-2H3,(H,20,27)(H,21,26)(H,24,25)(H,29,30). The molecule has 0 aromatic carbocycles. The van der Waals surface area contributed by atoms with Crippen LogP contribution >= 0.6 is 0 Å². The molecule has 4 atom stereocenters. The van der Waals surface area contributed by atoms with E-state index in [-0.39, 0.29) is 5.92 Å². The highest BCUT2D eigenvalue weighted by atomic mass is 16.4. The highest BCUT2D eigenvalue weighted by Crippen LogP contribution is 2.20. The van der Waals surface area contributed by atoms with Crippen LogP contribution in [0.15, 0.2) is 0 Å². The molecular weight excluding hydrogens is 400 g/mol. The number of aliphatic hydroxyl groups excluding tert-OH is 1. The Bertz CT molecular complexity index is 669. The quantitative estimate of drug-likeness (QED) is 0.212. The Balaban J connectivity index is 2.89. The molecule has 0 bridgehead atoms. The normalized spacial score (nSPS) is 19.1. The summed E-state index contributed by atoms with van der Waals surface area (Å²) >= 11 is 0. The van der Waals surface area contributed by atoms with Crippen molar-refractivity contribution in [3.05, 3.63) is 0 Å².